The minimum Gasteiger partial charge on any atom is -0.0713 e. The average molecular weight is 166 g/mol. The highest BCUT2D eigenvalue weighted by Gasteiger charge is 2.14. The second kappa shape index (κ2) is 4.69. The van der Waals surface area contributed by atoms with Crippen LogP contribution in [0, 0.1) is 5.92 Å². The third-order valence-corrected chi connectivity index (χ3v) is 3.24. The van der Waals surface area contributed by atoms with Crippen LogP contribution < -0.4 is 0 Å². The van der Waals surface area contributed by atoms with Crippen LogP contribution in [-0.2, 0) is 0 Å². The predicted octanol–water partition coefficient (Wildman–Crippen LogP) is 4.31. The Hall–Kier alpha value is -0.260. The van der Waals surface area contributed by atoms with E-state index >= 15 is 0 Å². The highest BCUT2D eigenvalue weighted by atomic mass is 14.2. The van der Waals surface area contributed by atoms with Crippen LogP contribution in [-0.4, -0.2) is 0 Å². The van der Waals surface area contributed by atoms with Gasteiger partial charge in [-0.25, -0.2) is 0 Å². The van der Waals surface area contributed by atoms with Gasteiger partial charge in [-0.1, -0.05) is 37.8 Å². The normalized spacial score (nSPS) is 18.8. The van der Waals surface area contributed by atoms with Crippen molar-refractivity contribution in [3.63, 3.8) is 0 Å². The zero-order valence-electron chi connectivity index (χ0n) is 8.82. The largest absolute Gasteiger partial charge is 0.0713 e. The maximum absolute atomic E-state index is 2.39. The standard InChI is InChI=1S/C12H22/c1-4-5-7-10(2)11(3)12-8-6-9-12/h10H,4-9H2,1-3H3. The van der Waals surface area contributed by atoms with E-state index in [4.69, 9.17) is 0 Å². The van der Waals surface area contributed by atoms with Crippen molar-refractivity contribution in [1.29, 1.82) is 0 Å². The van der Waals surface area contributed by atoms with Gasteiger partial charge >= 0.3 is 0 Å². The Balaban J connectivity index is 2.34. The molecule has 1 fully saturated rings. The summed E-state index contributed by atoms with van der Waals surface area (Å²) in [4.78, 5) is 0. The highest BCUT2D eigenvalue weighted by molar-refractivity contribution is 5.19. The SMILES string of the molecule is CCCCC(C)C(C)=C1CCC1. The molecule has 1 saturated carbocycles. The van der Waals surface area contributed by atoms with Crippen LogP contribution in [0.3, 0.4) is 0 Å². The summed E-state index contributed by atoms with van der Waals surface area (Å²) in [6, 6.07) is 0. The highest BCUT2D eigenvalue weighted by Crippen LogP contribution is 2.32. The van der Waals surface area contributed by atoms with Gasteiger partial charge in [0.15, 0.2) is 0 Å². The van der Waals surface area contributed by atoms with E-state index in [0.29, 0.717) is 0 Å². The first kappa shape index (κ1) is 9.83. The Labute approximate surface area is 77.1 Å². The Bertz CT molecular complexity index is 159. The Kier molecular flexibility index (Phi) is 3.84. The first-order chi connectivity index (χ1) is 5.75. The molecule has 0 spiro atoms. The summed E-state index contributed by atoms with van der Waals surface area (Å²) in [7, 11) is 0. The fourth-order valence-corrected chi connectivity index (χ4v) is 1.82. The van der Waals surface area contributed by atoms with Gasteiger partial charge in [0.2, 0.25) is 0 Å². The van der Waals surface area contributed by atoms with E-state index < -0.39 is 0 Å². The molecule has 0 aliphatic heterocycles. The van der Waals surface area contributed by atoms with Crippen LogP contribution in [0.15, 0.2) is 11.1 Å². The monoisotopic (exact) mass is 166 g/mol. The van der Waals surface area contributed by atoms with Gasteiger partial charge in [0, 0.05) is 0 Å². The minimum absolute atomic E-state index is 0.847. The lowest BCUT2D eigenvalue weighted by molar-refractivity contribution is 0.542. The molecule has 1 aliphatic rings. The topological polar surface area (TPSA) is 0 Å². The van der Waals surface area contributed by atoms with Crippen LogP contribution in [0.4, 0.5) is 0 Å². The maximum Gasteiger partial charge on any atom is -0.0232 e. The molecule has 12 heavy (non-hydrogen) atoms. The van der Waals surface area contributed by atoms with Crippen molar-refractivity contribution >= 4 is 0 Å². The van der Waals surface area contributed by atoms with E-state index in [-0.39, 0.29) is 0 Å². The van der Waals surface area contributed by atoms with Crippen molar-refractivity contribution in [1.82, 2.24) is 0 Å². The molecule has 1 unspecified atom stereocenters. The van der Waals surface area contributed by atoms with Crippen LogP contribution in [0.2, 0.25) is 0 Å². The molecule has 0 N–H and O–H groups in total. The summed E-state index contributed by atoms with van der Waals surface area (Å²) in [5.41, 5.74) is 3.47. The predicted molar refractivity (Wildman–Crippen MR) is 55.2 cm³/mol. The van der Waals surface area contributed by atoms with E-state index in [9.17, 15) is 0 Å². The lowest BCUT2D eigenvalue weighted by Crippen LogP contribution is -2.06. The second-order valence-electron chi connectivity index (χ2n) is 4.18. The number of rotatable bonds is 4. The smallest absolute Gasteiger partial charge is 0.0232 e. The van der Waals surface area contributed by atoms with Gasteiger partial charge in [-0.2, -0.15) is 0 Å². The molecule has 0 aromatic carbocycles. The van der Waals surface area contributed by atoms with Crippen molar-refractivity contribution in [3.05, 3.63) is 11.1 Å². The van der Waals surface area contributed by atoms with E-state index in [1.54, 1.807) is 11.1 Å². The van der Waals surface area contributed by atoms with Crippen molar-refractivity contribution in [2.24, 2.45) is 5.92 Å². The van der Waals surface area contributed by atoms with Crippen LogP contribution >= 0.6 is 0 Å². The zero-order chi connectivity index (χ0) is 8.97. The Morgan fingerprint density at radius 3 is 2.50 bits per heavy atom. The molecule has 0 aromatic rings. The molecule has 0 heterocycles. The van der Waals surface area contributed by atoms with Crippen LogP contribution in [0.25, 0.3) is 0 Å². The molecule has 70 valence electrons. The number of allylic oxidation sites excluding steroid dienone is 2. The van der Waals surface area contributed by atoms with Gasteiger partial charge in [-0.3, -0.25) is 0 Å². The molecular weight excluding hydrogens is 144 g/mol. The second-order valence-corrected chi connectivity index (χ2v) is 4.18. The summed E-state index contributed by atoms with van der Waals surface area (Å²) >= 11 is 0. The Morgan fingerprint density at radius 2 is 2.08 bits per heavy atom. The van der Waals surface area contributed by atoms with E-state index in [1.165, 1.54) is 38.5 Å². The van der Waals surface area contributed by atoms with Crippen molar-refractivity contribution in [2.75, 3.05) is 0 Å². The third-order valence-electron chi connectivity index (χ3n) is 3.24. The average Bonchev–Trinajstić information content (AvgIpc) is 1.96. The molecule has 0 saturated heterocycles. The number of hydrogen-bond donors (Lipinski definition) is 0. The zero-order valence-corrected chi connectivity index (χ0v) is 8.82. The fourth-order valence-electron chi connectivity index (χ4n) is 1.82. The quantitative estimate of drug-likeness (QED) is 0.546. The van der Waals surface area contributed by atoms with Gasteiger partial charge in [0.05, 0.1) is 0 Å². The van der Waals surface area contributed by atoms with Crippen molar-refractivity contribution in [2.45, 2.75) is 59.3 Å². The van der Waals surface area contributed by atoms with Gasteiger partial charge in [-0.15, -0.1) is 0 Å². The summed E-state index contributed by atoms with van der Waals surface area (Å²) < 4.78 is 0. The first-order valence-electron chi connectivity index (χ1n) is 5.44. The lowest BCUT2D eigenvalue weighted by Gasteiger charge is -2.23. The minimum atomic E-state index is 0.847. The number of hydrogen-bond acceptors (Lipinski definition) is 0. The maximum atomic E-state index is 2.39. The number of unbranched alkanes of at least 4 members (excludes halogenated alkanes) is 1. The van der Waals surface area contributed by atoms with Gasteiger partial charge < -0.3 is 0 Å². The lowest BCUT2D eigenvalue weighted by atomic mass is 9.83. The van der Waals surface area contributed by atoms with Crippen molar-refractivity contribution in [3.8, 4) is 0 Å². The van der Waals surface area contributed by atoms with Crippen LogP contribution in [0.5, 0.6) is 0 Å². The molecule has 1 atom stereocenters. The van der Waals surface area contributed by atoms with Crippen molar-refractivity contribution < 1.29 is 0 Å². The molecule has 0 bridgehead atoms. The molecule has 1 aliphatic carbocycles. The van der Waals surface area contributed by atoms with E-state index in [0.717, 1.165) is 5.92 Å². The van der Waals surface area contributed by atoms with Gasteiger partial charge in [0.25, 0.3) is 0 Å². The molecule has 0 heteroatoms. The third kappa shape index (κ3) is 2.36. The molecule has 0 amide bonds. The van der Waals surface area contributed by atoms with Crippen LogP contribution in [0.1, 0.15) is 59.3 Å². The summed E-state index contributed by atoms with van der Waals surface area (Å²) in [6.07, 6.45) is 8.35. The summed E-state index contributed by atoms with van der Waals surface area (Å²) in [6.45, 7) is 7.00. The molecule has 0 radical (unpaired) electrons. The molecule has 0 nitrogen and oxygen atoms in total. The van der Waals surface area contributed by atoms with E-state index in [2.05, 4.69) is 20.8 Å². The molecule has 1 rings (SSSR count). The first-order valence-corrected chi connectivity index (χ1v) is 5.44. The van der Waals surface area contributed by atoms with Gasteiger partial charge in [0.1, 0.15) is 0 Å². The summed E-state index contributed by atoms with van der Waals surface area (Å²) in [5, 5.41) is 0. The van der Waals surface area contributed by atoms with E-state index in [1.807, 2.05) is 0 Å². The summed E-state index contributed by atoms with van der Waals surface area (Å²) in [5.74, 6) is 0.847. The van der Waals surface area contributed by atoms with Gasteiger partial charge in [-0.05, 0) is 38.5 Å². The Morgan fingerprint density at radius 1 is 1.42 bits per heavy atom. The molecular formula is C12H22. The fraction of sp³-hybridized carbons (Fsp3) is 0.833. The molecule has 0 aromatic heterocycles.